The fraction of sp³-hybridized carbons (Fsp3) is 0.750. The van der Waals surface area contributed by atoms with E-state index in [1.807, 2.05) is 0 Å². The molecule has 0 heterocycles. The topological polar surface area (TPSA) is 78.9 Å². The Morgan fingerprint density at radius 1 is 1.44 bits per heavy atom. The summed E-state index contributed by atoms with van der Waals surface area (Å²) >= 11 is 0. The summed E-state index contributed by atoms with van der Waals surface area (Å²) in [5.74, 6) is -0.696. The molecule has 16 heavy (non-hydrogen) atoms. The molecule has 0 bridgehead atoms. The highest BCUT2D eigenvalue weighted by molar-refractivity contribution is 5.81. The minimum atomic E-state index is -4.33. The van der Waals surface area contributed by atoms with Crippen LogP contribution in [0.1, 0.15) is 19.3 Å². The standard InChI is InChI=1S/C8H14F3N3O2/c1-14(5-3-6(12)13-16)7(15)2-4-8(9,10)11/h16H,2-5H2,1H3,(H2,12,13). The Balaban J connectivity index is 3.91. The SMILES string of the molecule is CN(CCC(N)=NO)C(=O)CCC(F)(F)F. The second-order valence-electron chi connectivity index (χ2n) is 3.27. The van der Waals surface area contributed by atoms with E-state index < -0.39 is 24.9 Å². The molecule has 0 aromatic heterocycles. The molecule has 0 rings (SSSR count). The van der Waals surface area contributed by atoms with Crippen molar-refractivity contribution in [3.63, 3.8) is 0 Å². The molecular formula is C8H14F3N3O2. The van der Waals surface area contributed by atoms with E-state index in [4.69, 9.17) is 10.9 Å². The molecule has 5 nitrogen and oxygen atoms in total. The van der Waals surface area contributed by atoms with Crippen molar-refractivity contribution in [1.82, 2.24) is 4.90 Å². The number of hydrogen-bond donors (Lipinski definition) is 2. The van der Waals surface area contributed by atoms with E-state index in [2.05, 4.69) is 5.16 Å². The second kappa shape index (κ2) is 6.19. The number of amides is 1. The number of halogens is 3. The maximum absolute atomic E-state index is 11.8. The van der Waals surface area contributed by atoms with Crippen LogP contribution < -0.4 is 5.73 Å². The zero-order valence-electron chi connectivity index (χ0n) is 8.79. The molecule has 0 unspecified atom stereocenters. The van der Waals surface area contributed by atoms with E-state index in [-0.39, 0.29) is 18.8 Å². The van der Waals surface area contributed by atoms with E-state index in [0.29, 0.717) is 0 Å². The molecule has 0 saturated heterocycles. The summed E-state index contributed by atoms with van der Waals surface area (Å²) in [6.45, 7) is 0.118. The van der Waals surface area contributed by atoms with Crippen LogP contribution in [0.5, 0.6) is 0 Å². The number of carbonyl (C=O) groups is 1. The summed E-state index contributed by atoms with van der Waals surface area (Å²) in [6.07, 6.45) is -5.94. The van der Waals surface area contributed by atoms with Crippen molar-refractivity contribution >= 4 is 11.7 Å². The maximum Gasteiger partial charge on any atom is 0.389 e. The van der Waals surface area contributed by atoms with Gasteiger partial charge in [0.1, 0.15) is 5.84 Å². The van der Waals surface area contributed by atoms with Crippen LogP contribution in [0.15, 0.2) is 5.16 Å². The Morgan fingerprint density at radius 3 is 2.44 bits per heavy atom. The Morgan fingerprint density at radius 2 is 2.00 bits per heavy atom. The van der Waals surface area contributed by atoms with Gasteiger partial charge in [-0.05, 0) is 0 Å². The molecule has 1 amide bonds. The van der Waals surface area contributed by atoms with Gasteiger partial charge in [0.05, 0.1) is 6.42 Å². The second-order valence-corrected chi connectivity index (χ2v) is 3.27. The van der Waals surface area contributed by atoms with Gasteiger partial charge in [-0.1, -0.05) is 5.16 Å². The molecule has 0 saturated carbocycles. The highest BCUT2D eigenvalue weighted by atomic mass is 19.4. The number of nitrogens with zero attached hydrogens (tertiary/aromatic N) is 2. The number of amidine groups is 1. The minimum Gasteiger partial charge on any atom is -0.409 e. The normalized spacial score (nSPS) is 12.6. The molecule has 0 atom stereocenters. The lowest BCUT2D eigenvalue weighted by Gasteiger charge is -2.17. The number of rotatable bonds is 5. The van der Waals surface area contributed by atoms with Crippen LogP contribution >= 0.6 is 0 Å². The molecule has 8 heteroatoms. The van der Waals surface area contributed by atoms with E-state index in [9.17, 15) is 18.0 Å². The van der Waals surface area contributed by atoms with Crippen LogP contribution in [0.4, 0.5) is 13.2 Å². The molecule has 0 spiro atoms. The third-order valence-corrected chi connectivity index (χ3v) is 1.88. The van der Waals surface area contributed by atoms with Gasteiger partial charge < -0.3 is 15.8 Å². The highest BCUT2D eigenvalue weighted by Gasteiger charge is 2.28. The van der Waals surface area contributed by atoms with Gasteiger partial charge in [0, 0.05) is 26.4 Å². The molecular weight excluding hydrogens is 227 g/mol. The first-order chi connectivity index (χ1) is 7.26. The van der Waals surface area contributed by atoms with E-state index in [1.54, 1.807) is 0 Å². The highest BCUT2D eigenvalue weighted by Crippen LogP contribution is 2.21. The van der Waals surface area contributed by atoms with Gasteiger partial charge in [-0.25, -0.2) is 0 Å². The van der Waals surface area contributed by atoms with Crippen molar-refractivity contribution in [3.8, 4) is 0 Å². The Bertz CT molecular complexity index is 266. The lowest BCUT2D eigenvalue weighted by Crippen LogP contribution is -2.31. The van der Waals surface area contributed by atoms with Crippen molar-refractivity contribution in [1.29, 1.82) is 0 Å². The monoisotopic (exact) mass is 241 g/mol. The number of alkyl halides is 3. The predicted octanol–water partition coefficient (Wildman–Crippen LogP) is 0.924. The number of nitrogens with two attached hydrogens (primary N) is 1. The average Bonchev–Trinajstić information content (AvgIpc) is 2.20. The van der Waals surface area contributed by atoms with Gasteiger partial charge in [-0.15, -0.1) is 0 Å². The zero-order chi connectivity index (χ0) is 12.8. The van der Waals surface area contributed by atoms with Crippen molar-refractivity contribution < 1.29 is 23.2 Å². The van der Waals surface area contributed by atoms with Crippen molar-refractivity contribution in [2.45, 2.75) is 25.4 Å². The van der Waals surface area contributed by atoms with Gasteiger partial charge in [-0.2, -0.15) is 13.2 Å². The number of oxime groups is 1. The van der Waals surface area contributed by atoms with Crippen molar-refractivity contribution in [2.75, 3.05) is 13.6 Å². The molecule has 0 aromatic carbocycles. The Kier molecular flexibility index (Phi) is 5.62. The van der Waals surface area contributed by atoms with E-state index in [1.165, 1.54) is 7.05 Å². The lowest BCUT2D eigenvalue weighted by molar-refractivity contribution is -0.148. The summed E-state index contributed by atoms with van der Waals surface area (Å²) in [5.41, 5.74) is 5.15. The largest absolute Gasteiger partial charge is 0.409 e. The van der Waals surface area contributed by atoms with Crippen LogP contribution in [0, 0.1) is 0 Å². The Hall–Kier alpha value is -1.47. The first kappa shape index (κ1) is 14.5. The fourth-order valence-corrected chi connectivity index (χ4v) is 0.896. The molecule has 0 aromatic rings. The average molecular weight is 241 g/mol. The minimum absolute atomic E-state index is 0.0736. The van der Waals surface area contributed by atoms with Crippen LogP contribution in [-0.2, 0) is 4.79 Å². The zero-order valence-corrected chi connectivity index (χ0v) is 8.79. The fourth-order valence-electron chi connectivity index (χ4n) is 0.896. The quantitative estimate of drug-likeness (QED) is 0.325. The van der Waals surface area contributed by atoms with Crippen molar-refractivity contribution in [3.05, 3.63) is 0 Å². The third kappa shape index (κ3) is 6.91. The van der Waals surface area contributed by atoms with Crippen molar-refractivity contribution in [2.24, 2.45) is 10.9 Å². The van der Waals surface area contributed by atoms with E-state index in [0.717, 1.165) is 4.90 Å². The van der Waals surface area contributed by atoms with Crippen LogP contribution in [-0.4, -0.2) is 41.6 Å². The van der Waals surface area contributed by atoms with Gasteiger partial charge >= 0.3 is 6.18 Å². The predicted molar refractivity (Wildman–Crippen MR) is 51.0 cm³/mol. The summed E-state index contributed by atoms with van der Waals surface area (Å²) in [5, 5.41) is 10.9. The lowest BCUT2D eigenvalue weighted by atomic mass is 10.2. The summed E-state index contributed by atoms with van der Waals surface area (Å²) in [4.78, 5) is 12.3. The first-order valence-corrected chi connectivity index (χ1v) is 4.53. The maximum atomic E-state index is 11.8. The molecule has 3 N–H and O–H groups in total. The molecule has 0 aliphatic rings. The third-order valence-electron chi connectivity index (χ3n) is 1.88. The molecule has 0 fully saturated rings. The van der Waals surface area contributed by atoms with Gasteiger partial charge in [0.15, 0.2) is 0 Å². The molecule has 0 aliphatic carbocycles. The van der Waals surface area contributed by atoms with Crippen LogP contribution in [0.25, 0.3) is 0 Å². The number of hydrogen-bond acceptors (Lipinski definition) is 3. The smallest absolute Gasteiger partial charge is 0.389 e. The molecule has 0 aliphatic heterocycles. The molecule has 0 radical (unpaired) electrons. The number of carbonyl (C=O) groups excluding carboxylic acids is 1. The van der Waals surface area contributed by atoms with Crippen LogP contribution in [0.2, 0.25) is 0 Å². The summed E-state index contributed by atoms with van der Waals surface area (Å²) in [6, 6.07) is 0. The first-order valence-electron chi connectivity index (χ1n) is 4.53. The summed E-state index contributed by atoms with van der Waals surface area (Å²) < 4.78 is 35.4. The van der Waals surface area contributed by atoms with Gasteiger partial charge in [-0.3, -0.25) is 4.79 Å². The molecule has 94 valence electrons. The van der Waals surface area contributed by atoms with Crippen LogP contribution in [0.3, 0.4) is 0 Å². The summed E-state index contributed by atoms with van der Waals surface area (Å²) in [7, 11) is 1.36. The van der Waals surface area contributed by atoms with Gasteiger partial charge in [0.25, 0.3) is 0 Å². The van der Waals surface area contributed by atoms with E-state index >= 15 is 0 Å². The van der Waals surface area contributed by atoms with Gasteiger partial charge in [0.2, 0.25) is 5.91 Å². The Labute approximate surface area is 90.7 Å².